The predicted molar refractivity (Wildman–Crippen MR) is 105 cm³/mol. The predicted octanol–water partition coefficient (Wildman–Crippen LogP) is 4.86. The third-order valence-electron chi connectivity index (χ3n) is 5.09. The monoisotopic (exact) mass is 360 g/mol. The number of hydrogen-bond acceptors (Lipinski definition) is 4. The Balaban J connectivity index is 1.81. The maximum Gasteiger partial charge on any atom is 0.228 e. The molecule has 1 aromatic carbocycles. The standard InChI is InChI=1S/C20H28N2O2S/c1-4-5-19(23)22(9-6-16-7-10-24-11-8-16)20-21-17-12-14(2)15(3)13-18(17)25-20/h12-13,16H,4-11H2,1-3H3. The molecule has 3 rings (SSSR count). The Kier molecular flexibility index (Phi) is 6.07. The number of nitrogens with zero attached hydrogens (tertiary/aromatic N) is 2. The molecule has 4 nitrogen and oxygen atoms in total. The van der Waals surface area contributed by atoms with Gasteiger partial charge in [0.25, 0.3) is 0 Å². The van der Waals surface area contributed by atoms with Crippen LogP contribution in [0.2, 0.25) is 0 Å². The number of carbonyl (C=O) groups is 1. The van der Waals surface area contributed by atoms with Crippen molar-refractivity contribution in [3.63, 3.8) is 0 Å². The molecule has 5 heteroatoms. The molecule has 136 valence electrons. The summed E-state index contributed by atoms with van der Waals surface area (Å²) in [6.07, 6.45) is 4.70. The molecule has 1 aromatic heterocycles. The number of amides is 1. The molecular formula is C20H28N2O2S. The molecule has 0 radical (unpaired) electrons. The minimum Gasteiger partial charge on any atom is -0.381 e. The van der Waals surface area contributed by atoms with E-state index in [2.05, 4.69) is 32.9 Å². The molecule has 1 fully saturated rings. The van der Waals surface area contributed by atoms with E-state index in [1.807, 2.05) is 4.90 Å². The first-order valence-corrected chi connectivity index (χ1v) is 10.2. The third kappa shape index (κ3) is 4.39. The minimum atomic E-state index is 0.196. The molecule has 1 aliphatic heterocycles. The number of anilines is 1. The smallest absolute Gasteiger partial charge is 0.228 e. The first-order chi connectivity index (χ1) is 12.1. The van der Waals surface area contributed by atoms with Gasteiger partial charge in [0.15, 0.2) is 5.13 Å². The van der Waals surface area contributed by atoms with Gasteiger partial charge in [-0.05, 0) is 68.7 Å². The highest BCUT2D eigenvalue weighted by molar-refractivity contribution is 7.22. The van der Waals surface area contributed by atoms with E-state index in [1.54, 1.807) is 11.3 Å². The summed E-state index contributed by atoms with van der Waals surface area (Å²) in [5.41, 5.74) is 3.53. The van der Waals surface area contributed by atoms with Crippen molar-refractivity contribution in [1.29, 1.82) is 0 Å². The van der Waals surface area contributed by atoms with E-state index < -0.39 is 0 Å². The number of benzene rings is 1. The Morgan fingerprint density at radius 2 is 2.00 bits per heavy atom. The zero-order chi connectivity index (χ0) is 17.8. The summed E-state index contributed by atoms with van der Waals surface area (Å²) in [6, 6.07) is 4.32. The van der Waals surface area contributed by atoms with Gasteiger partial charge in [-0.3, -0.25) is 9.69 Å². The Hall–Kier alpha value is -1.46. The molecule has 1 aliphatic rings. The fraction of sp³-hybridized carbons (Fsp3) is 0.600. The first kappa shape index (κ1) is 18.3. The quantitative estimate of drug-likeness (QED) is 0.738. The van der Waals surface area contributed by atoms with Crippen molar-refractivity contribution in [2.24, 2.45) is 5.92 Å². The molecule has 2 aromatic rings. The van der Waals surface area contributed by atoms with Crippen molar-refractivity contribution in [2.45, 2.75) is 52.9 Å². The van der Waals surface area contributed by atoms with E-state index in [1.165, 1.54) is 15.8 Å². The summed E-state index contributed by atoms with van der Waals surface area (Å²) in [7, 11) is 0. The number of fused-ring (bicyclic) bond motifs is 1. The van der Waals surface area contributed by atoms with Crippen molar-refractivity contribution in [3.05, 3.63) is 23.3 Å². The first-order valence-electron chi connectivity index (χ1n) is 9.34. The second-order valence-corrected chi connectivity index (χ2v) is 8.05. The SMILES string of the molecule is CCCC(=O)N(CCC1CCOCC1)c1nc2cc(C)c(C)cc2s1. The number of ether oxygens (including phenoxy) is 1. The zero-order valence-corrected chi connectivity index (χ0v) is 16.3. The molecule has 0 aliphatic carbocycles. The van der Waals surface area contributed by atoms with E-state index in [4.69, 9.17) is 9.72 Å². The van der Waals surface area contributed by atoms with Crippen LogP contribution in [0.4, 0.5) is 5.13 Å². The van der Waals surface area contributed by atoms with E-state index in [0.29, 0.717) is 12.3 Å². The highest BCUT2D eigenvalue weighted by Crippen LogP contribution is 2.32. The van der Waals surface area contributed by atoms with Gasteiger partial charge < -0.3 is 4.74 Å². The van der Waals surface area contributed by atoms with E-state index in [-0.39, 0.29) is 5.91 Å². The lowest BCUT2D eigenvalue weighted by Gasteiger charge is -2.25. The Labute approximate surface area is 154 Å². The van der Waals surface area contributed by atoms with Crippen LogP contribution in [0.1, 0.15) is 50.2 Å². The number of thiazole rings is 1. The number of carbonyl (C=O) groups excluding carboxylic acids is 1. The highest BCUT2D eigenvalue weighted by Gasteiger charge is 2.22. The van der Waals surface area contributed by atoms with E-state index in [0.717, 1.165) is 56.1 Å². The molecule has 0 N–H and O–H groups in total. The number of hydrogen-bond donors (Lipinski definition) is 0. The largest absolute Gasteiger partial charge is 0.381 e. The highest BCUT2D eigenvalue weighted by atomic mass is 32.1. The zero-order valence-electron chi connectivity index (χ0n) is 15.5. The Bertz CT molecular complexity index is 696. The molecule has 0 atom stereocenters. The van der Waals surface area contributed by atoms with Crippen LogP contribution in [-0.2, 0) is 9.53 Å². The van der Waals surface area contributed by atoms with E-state index >= 15 is 0 Å². The topological polar surface area (TPSA) is 42.4 Å². The summed E-state index contributed by atoms with van der Waals surface area (Å²) in [6.45, 7) is 8.76. The molecular weight excluding hydrogens is 332 g/mol. The van der Waals surface area contributed by atoms with Crippen molar-refractivity contribution >= 4 is 32.6 Å². The number of rotatable bonds is 6. The van der Waals surface area contributed by atoms with Gasteiger partial charge in [0.1, 0.15) is 0 Å². The van der Waals surface area contributed by atoms with Crippen molar-refractivity contribution in [2.75, 3.05) is 24.7 Å². The minimum absolute atomic E-state index is 0.196. The lowest BCUT2D eigenvalue weighted by Crippen LogP contribution is -2.33. The van der Waals surface area contributed by atoms with Crippen molar-refractivity contribution in [3.8, 4) is 0 Å². The molecule has 2 heterocycles. The molecule has 0 saturated carbocycles. The van der Waals surface area contributed by atoms with Gasteiger partial charge in [-0.15, -0.1) is 0 Å². The van der Waals surface area contributed by atoms with Crippen LogP contribution in [0.25, 0.3) is 10.2 Å². The molecule has 25 heavy (non-hydrogen) atoms. The van der Waals surface area contributed by atoms with Gasteiger partial charge in [0.05, 0.1) is 10.2 Å². The van der Waals surface area contributed by atoms with Crippen LogP contribution in [0.3, 0.4) is 0 Å². The normalized spacial score (nSPS) is 15.6. The van der Waals surface area contributed by atoms with Crippen LogP contribution in [-0.4, -0.2) is 30.6 Å². The summed E-state index contributed by atoms with van der Waals surface area (Å²) in [5, 5.41) is 0.852. The number of aryl methyl sites for hydroxylation is 2. The van der Waals surface area contributed by atoms with Gasteiger partial charge in [-0.2, -0.15) is 0 Å². The Morgan fingerprint density at radius 1 is 1.28 bits per heavy atom. The van der Waals surface area contributed by atoms with Gasteiger partial charge >= 0.3 is 0 Å². The summed E-state index contributed by atoms with van der Waals surface area (Å²) >= 11 is 1.64. The van der Waals surface area contributed by atoms with E-state index in [9.17, 15) is 4.79 Å². The van der Waals surface area contributed by atoms with Crippen LogP contribution in [0.15, 0.2) is 12.1 Å². The summed E-state index contributed by atoms with van der Waals surface area (Å²) in [5.74, 6) is 0.853. The number of aromatic nitrogens is 1. The van der Waals surface area contributed by atoms with Crippen LogP contribution in [0.5, 0.6) is 0 Å². The fourth-order valence-corrected chi connectivity index (χ4v) is 4.39. The lowest BCUT2D eigenvalue weighted by molar-refractivity contribution is -0.118. The lowest BCUT2D eigenvalue weighted by atomic mass is 9.96. The maximum atomic E-state index is 12.7. The molecule has 0 spiro atoms. The fourth-order valence-electron chi connectivity index (χ4n) is 3.31. The van der Waals surface area contributed by atoms with Crippen LogP contribution >= 0.6 is 11.3 Å². The van der Waals surface area contributed by atoms with Crippen molar-refractivity contribution in [1.82, 2.24) is 4.98 Å². The van der Waals surface area contributed by atoms with Crippen LogP contribution in [0, 0.1) is 19.8 Å². The average molecular weight is 361 g/mol. The van der Waals surface area contributed by atoms with Gasteiger partial charge in [-0.1, -0.05) is 18.3 Å². The van der Waals surface area contributed by atoms with Crippen LogP contribution < -0.4 is 4.90 Å². The Morgan fingerprint density at radius 3 is 2.72 bits per heavy atom. The average Bonchev–Trinajstić information content (AvgIpc) is 2.99. The van der Waals surface area contributed by atoms with Gasteiger partial charge in [0, 0.05) is 26.2 Å². The third-order valence-corrected chi connectivity index (χ3v) is 6.13. The molecule has 0 unspecified atom stereocenters. The summed E-state index contributed by atoms with van der Waals surface area (Å²) in [4.78, 5) is 19.4. The summed E-state index contributed by atoms with van der Waals surface area (Å²) < 4.78 is 6.61. The van der Waals surface area contributed by atoms with Gasteiger partial charge in [0.2, 0.25) is 5.91 Å². The van der Waals surface area contributed by atoms with Crippen molar-refractivity contribution < 1.29 is 9.53 Å². The second-order valence-electron chi connectivity index (χ2n) is 7.04. The maximum absolute atomic E-state index is 12.7. The molecule has 1 saturated heterocycles. The molecule has 0 bridgehead atoms. The second kappa shape index (κ2) is 8.28. The molecule has 1 amide bonds. The van der Waals surface area contributed by atoms with Gasteiger partial charge in [-0.25, -0.2) is 4.98 Å².